The summed E-state index contributed by atoms with van der Waals surface area (Å²) in [5.41, 5.74) is 0.398. The highest BCUT2D eigenvalue weighted by molar-refractivity contribution is 7.99. The molecule has 0 aliphatic carbocycles. The van der Waals surface area contributed by atoms with Crippen molar-refractivity contribution in [3.05, 3.63) is 69.0 Å². The summed E-state index contributed by atoms with van der Waals surface area (Å²) in [7, 11) is 0. The zero-order chi connectivity index (χ0) is 18.5. The normalized spacial score (nSPS) is 10.7. The summed E-state index contributed by atoms with van der Waals surface area (Å²) in [6, 6.07) is 11.7. The molecule has 2 aromatic carbocycles. The Morgan fingerprint density at radius 2 is 1.77 bits per heavy atom. The van der Waals surface area contributed by atoms with Crippen LogP contribution in [0.1, 0.15) is 16.2 Å². The van der Waals surface area contributed by atoms with E-state index in [2.05, 4.69) is 10.2 Å². The highest BCUT2D eigenvalue weighted by Gasteiger charge is 2.14. The Hall–Kier alpha value is -1.73. The summed E-state index contributed by atoms with van der Waals surface area (Å²) in [5, 5.41) is 9.45. The van der Waals surface area contributed by atoms with Crippen LogP contribution in [0.4, 0.5) is 0 Å². The van der Waals surface area contributed by atoms with Crippen molar-refractivity contribution >= 4 is 52.3 Å². The predicted octanol–water partition coefficient (Wildman–Crippen LogP) is 5.58. The zero-order valence-electron chi connectivity index (χ0n) is 13.1. The maximum absolute atomic E-state index is 12.2. The Labute approximate surface area is 168 Å². The van der Waals surface area contributed by atoms with Crippen LogP contribution in [-0.4, -0.2) is 21.7 Å². The van der Waals surface area contributed by atoms with Crippen LogP contribution in [0.25, 0.3) is 0 Å². The number of nitrogens with zero attached hydrogens (tertiary/aromatic N) is 2. The minimum absolute atomic E-state index is 0.112. The van der Waals surface area contributed by atoms with E-state index in [-0.39, 0.29) is 23.4 Å². The first-order chi connectivity index (χ1) is 12.5. The molecule has 9 heteroatoms. The van der Waals surface area contributed by atoms with Gasteiger partial charge in [0, 0.05) is 15.6 Å². The second kappa shape index (κ2) is 8.77. The highest BCUT2D eigenvalue weighted by Crippen LogP contribution is 2.24. The molecule has 0 aliphatic rings. The van der Waals surface area contributed by atoms with Gasteiger partial charge < -0.3 is 9.15 Å². The molecular weight excluding hydrogens is 419 g/mol. The Morgan fingerprint density at radius 1 is 1.04 bits per heavy atom. The van der Waals surface area contributed by atoms with Gasteiger partial charge in [-0.05, 0) is 42.5 Å². The molecule has 0 radical (unpaired) electrons. The van der Waals surface area contributed by atoms with E-state index in [0.717, 1.165) is 11.8 Å². The molecule has 5 nitrogen and oxygen atoms in total. The molecule has 1 heterocycles. The minimum atomic E-state index is -0.158. The third-order valence-electron chi connectivity index (χ3n) is 3.18. The molecule has 134 valence electrons. The van der Waals surface area contributed by atoms with E-state index >= 15 is 0 Å². The van der Waals surface area contributed by atoms with E-state index < -0.39 is 0 Å². The number of hydrogen-bond acceptors (Lipinski definition) is 6. The Bertz CT molecular complexity index is 916. The monoisotopic (exact) mass is 428 g/mol. The Morgan fingerprint density at radius 3 is 2.50 bits per heavy atom. The fourth-order valence-electron chi connectivity index (χ4n) is 1.95. The third-order valence-corrected chi connectivity index (χ3v) is 4.80. The van der Waals surface area contributed by atoms with Gasteiger partial charge in [0.05, 0.1) is 10.8 Å². The van der Waals surface area contributed by atoms with Crippen molar-refractivity contribution in [1.29, 1.82) is 0 Å². The van der Waals surface area contributed by atoms with E-state index in [0.29, 0.717) is 32.3 Å². The number of rotatable bonds is 7. The number of hydrogen-bond donors (Lipinski definition) is 0. The van der Waals surface area contributed by atoms with Gasteiger partial charge in [-0.15, -0.1) is 10.2 Å². The first-order valence-electron chi connectivity index (χ1n) is 7.33. The zero-order valence-corrected chi connectivity index (χ0v) is 16.2. The molecule has 0 saturated carbocycles. The molecular formula is C17H11Cl3N2O3S. The number of halogens is 3. The smallest absolute Gasteiger partial charge is 0.277 e. The molecule has 1 aromatic heterocycles. The van der Waals surface area contributed by atoms with Crippen molar-refractivity contribution in [2.45, 2.75) is 11.8 Å². The van der Waals surface area contributed by atoms with Crippen LogP contribution in [0, 0.1) is 0 Å². The van der Waals surface area contributed by atoms with Crippen molar-refractivity contribution in [2.75, 3.05) is 5.75 Å². The highest BCUT2D eigenvalue weighted by atomic mass is 35.5. The number of thioether (sulfide) groups is 1. The lowest BCUT2D eigenvalue weighted by atomic mass is 10.1. The van der Waals surface area contributed by atoms with Gasteiger partial charge in [0.15, 0.2) is 12.4 Å². The van der Waals surface area contributed by atoms with Crippen LogP contribution < -0.4 is 4.74 Å². The van der Waals surface area contributed by atoms with Crippen LogP contribution in [0.3, 0.4) is 0 Å². The second-order valence-corrected chi connectivity index (χ2v) is 7.25. The summed E-state index contributed by atoms with van der Waals surface area (Å²) in [5.74, 6) is 0.892. The Balaban J connectivity index is 1.53. The van der Waals surface area contributed by atoms with Gasteiger partial charge >= 0.3 is 0 Å². The number of Topliss-reactive ketones (excluding diaryl/α,β-unsaturated/α-hetero) is 1. The van der Waals surface area contributed by atoms with Gasteiger partial charge in [-0.25, -0.2) is 0 Å². The number of carbonyl (C=O) groups is 1. The predicted molar refractivity (Wildman–Crippen MR) is 102 cm³/mol. The minimum Gasteiger partial charge on any atom is -0.484 e. The maximum Gasteiger partial charge on any atom is 0.277 e. The number of ether oxygens (including phenoxy) is 1. The number of carbonyl (C=O) groups excluding carboxylic acids is 1. The van der Waals surface area contributed by atoms with Crippen molar-refractivity contribution in [2.24, 2.45) is 0 Å². The van der Waals surface area contributed by atoms with Crippen molar-refractivity contribution in [3.8, 4) is 5.75 Å². The first-order valence-corrected chi connectivity index (χ1v) is 9.45. The maximum atomic E-state index is 12.2. The van der Waals surface area contributed by atoms with Gasteiger partial charge in [0.25, 0.3) is 11.1 Å². The van der Waals surface area contributed by atoms with Crippen molar-refractivity contribution in [1.82, 2.24) is 10.2 Å². The van der Waals surface area contributed by atoms with Crippen LogP contribution in [-0.2, 0) is 6.61 Å². The fraction of sp³-hybridized carbons (Fsp3) is 0.118. The van der Waals surface area contributed by atoms with Gasteiger partial charge in [0.1, 0.15) is 5.75 Å². The third kappa shape index (κ3) is 5.14. The summed E-state index contributed by atoms with van der Waals surface area (Å²) < 4.78 is 11.0. The molecule has 0 unspecified atom stereocenters. The molecule has 0 aliphatic heterocycles. The molecule has 0 fully saturated rings. The molecule has 3 rings (SSSR count). The lowest BCUT2D eigenvalue weighted by molar-refractivity contribution is 0.102. The van der Waals surface area contributed by atoms with Gasteiger partial charge in [-0.2, -0.15) is 0 Å². The second-order valence-electron chi connectivity index (χ2n) is 5.04. The quantitative estimate of drug-likeness (QED) is 0.360. The van der Waals surface area contributed by atoms with Gasteiger partial charge in [0.2, 0.25) is 0 Å². The summed E-state index contributed by atoms with van der Waals surface area (Å²) in [4.78, 5) is 12.2. The van der Waals surface area contributed by atoms with Crippen LogP contribution in [0.5, 0.6) is 5.75 Å². The van der Waals surface area contributed by atoms with Gasteiger partial charge in [-0.3, -0.25) is 4.79 Å². The van der Waals surface area contributed by atoms with E-state index in [4.69, 9.17) is 44.0 Å². The lowest BCUT2D eigenvalue weighted by Crippen LogP contribution is -2.03. The van der Waals surface area contributed by atoms with E-state index in [1.165, 1.54) is 6.07 Å². The average Bonchev–Trinajstić information content (AvgIpc) is 3.07. The number of benzene rings is 2. The largest absolute Gasteiger partial charge is 0.484 e. The van der Waals surface area contributed by atoms with Crippen molar-refractivity contribution in [3.63, 3.8) is 0 Å². The molecule has 0 spiro atoms. The number of ketones is 1. The Kier molecular flexibility index (Phi) is 6.43. The molecule has 0 saturated heterocycles. The molecule has 0 bridgehead atoms. The lowest BCUT2D eigenvalue weighted by Gasteiger charge is -2.03. The van der Waals surface area contributed by atoms with E-state index in [9.17, 15) is 4.79 Å². The molecule has 26 heavy (non-hydrogen) atoms. The van der Waals surface area contributed by atoms with E-state index in [1.54, 1.807) is 36.4 Å². The summed E-state index contributed by atoms with van der Waals surface area (Å²) in [6.07, 6.45) is 0. The standard InChI is InChI=1S/C17H11Cl3N2O3S/c18-10-1-4-12(5-2-10)24-8-16-21-22-17(25-16)26-9-15(23)13-6-3-11(19)7-14(13)20/h1-7H,8-9H2. The van der Waals surface area contributed by atoms with Crippen molar-refractivity contribution < 1.29 is 13.9 Å². The molecule has 0 atom stereocenters. The molecule has 0 amide bonds. The van der Waals surface area contributed by atoms with Gasteiger partial charge in [-0.1, -0.05) is 46.6 Å². The topological polar surface area (TPSA) is 65.2 Å². The average molecular weight is 430 g/mol. The van der Waals surface area contributed by atoms with Crippen LogP contribution in [0.2, 0.25) is 15.1 Å². The first kappa shape index (κ1) is 19.0. The number of aromatic nitrogens is 2. The van der Waals surface area contributed by atoms with Crippen LogP contribution >= 0.6 is 46.6 Å². The molecule has 0 N–H and O–H groups in total. The SMILES string of the molecule is O=C(CSc1nnc(COc2ccc(Cl)cc2)o1)c1ccc(Cl)cc1Cl. The van der Waals surface area contributed by atoms with Crippen LogP contribution in [0.15, 0.2) is 52.1 Å². The fourth-order valence-corrected chi connectivity index (χ4v) is 3.26. The molecule has 3 aromatic rings. The summed E-state index contributed by atoms with van der Waals surface area (Å²) >= 11 is 18.8. The summed E-state index contributed by atoms with van der Waals surface area (Å²) in [6.45, 7) is 0.117. The van der Waals surface area contributed by atoms with E-state index in [1.807, 2.05) is 0 Å².